The van der Waals surface area contributed by atoms with Crippen LogP contribution in [0.15, 0.2) is 42.5 Å². The molecule has 1 aromatic heterocycles. The summed E-state index contributed by atoms with van der Waals surface area (Å²) in [5.74, 6) is -5.52. The van der Waals surface area contributed by atoms with Crippen molar-refractivity contribution in [2.75, 3.05) is 0 Å². The van der Waals surface area contributed by atoms with Gasteiger partial charge in [0.15, 0.2) is 0 Å². The van der Waals surface area contributed by atoms with Gasteiger partial charge in [-0.3, -0.25) is 4.79 Å². The third kappa shape index (κ3) is 5.65. The van der Waals surface area contributed by atoms with Crippen molar-refractivity contribution in [2.24, 2.45) is 11.8 Å². The molecule has 1 aromatic carbocycles. The first-order chi connectivity index (χ1) is 14.3. The average Bonchev–Trinajstić information content (AvgIpc) is 3.20. The lowest BCUT2D eigenvalue weighted by atomic mass is 9.87. The molecular weight excluding hydrogens is 410 g/mol. The summed E-state index contributed by atoms with van der Waals surface area (Å²) in [6, 6.07) is 9.59. The van der Waals surface area contributed by atoms with Crippen LogP contribution in [-0.2, 0) is 4.79 Å². The molecule has 0 spiro atoms. The van der Waals surface area contributed by atoms with Gasteiger partial charge < -0.3 is 15.3 Å². The van der Waals surface area contributed by atoms with Gasteiger partial charge in [-0.1, -0.05) is 49.6 Å². The topological polar surface area (TPSA) is 77.8 Å². The maximum absolute atomic E-state index is 14.5. The Hall–Kier alpha value is -1.83. The standard InChI is InChI=1S/C23H28F2O4S/c24-23(25)14-19(27)16(8-3-1-2-4-10-22(28)29)17(23)11-12-18(26)21-13-15-7-5-6-9-20(15)30-21/h5-7,9,11-13,16-19,26-27H,1-4,8,10,14H2,(H,28,29)/t16-,17-,18-,19+/m1/s1. The second kappa shape index (κ2) is 9.98. The molecule has 0 radical (unpaired) electrons. The second-order valence-corrected chi connectivity index (χ2v) is 9.20. The summed E-state index contributed by atoms with van der Waals surface area (Å²) in [7, 11) is 0. The van der Waals surface area contributed by atoms with E-state index in [0.29, 0.717) is 24.1 Å². The first-order valence-electron chi connectivity index (χ1n) is 10.4. The van der Waals surface area contributed by atoms with E-state index < -0.39 is 42.4 Å². The van der Waals surface area contributed by atoms with Gasteiger partial charge in [0.25, 0.3) is 5.92 Å². The Kier molecular flexibility index (Phi) is 7.60. The van der Waals surface area contributed by atoms with E-state index in [4.69, 9.17) is 5.11 Å². The molecule has 0 amide bonds. The largest absolute Gasteiger partial charge is 0.481 e. The zero-order valence-corrected chi connectivity index (χ0v) is 17.5. The van der Waals surface area contributed by atoms with Crippen LogP contribution in [0.1, 0.15) is 55.9 Å². The third-order valence-electron chi connectivity index (χ3n) is 5.84. The third-order valence-corrected chi connectivity index (χ3v) is 7.03. The van der Waals surface area contributed by atoms with Gasteiger partial charge in [-0.2, -0.15) is 0 Å². The number of carboxylic acid groups (broad SMARTS) is 1. The van der Waals surface area contributed by atoms with Crippen LogP contribution in [-0.4, -0.2) is 33.3 Å². The highest BCUT2D eigenvalue weighted by molar-refractivity contribution is 7.19. The van der Waals surface area contributed by atoms with Crippen molar-refractivity contribution in [3.63, 3.8) is 0 Å². The van der Waals surface area contributed by atoms with Crippen LogP contribution in [0.5, 0.6) is 0 Å². The summed E-state index contributed by atoms with van der Waals surface area (Å²) in [5, 5.41) is 30.3. The molecule has 2 aromatic rings. The number of alkyl halides is 2. The minimum Gasteiger partial charge on any atom is -0.481 e. The molecule has 0 unspecified atom stereocenters. The average molecular weight is 439 g/mol. The summed E-state index contributed by atoms with van der Waals surface area (Å²) in [4.78, 5) is 11.2. The van der Waals surface area contributed by atoms with Crippen LogP contribution in [0.4, 0.5) is 8.78 Å². The summed E-state index contributed by atoms with van der Waals surface area (Å²) < 4.78 is 30.0. The molecule has 7 heteroatoms. The smallest absolute Gasteiger partial charge is 0.303 e. The van der Waals surface area contributed by atoms with Gasteiger partial charge in [0.1, 0.15) is 6.10 Å². The minimum atomic E-state index is -3.01. The molecule has 1 saturated carbocycles. The number of fused-ring (bicyclic) bond motifs is 1. The molecule has 1 fully saturated rings. The molecule has 30 heavy (non-hydrogen) atoms. The number of carboxylic acids is 1. The lowest BCUT2D eigenvalue weighted by Gasteiger charge is -2.22. The van der Waals surface area contributed by atoms with Crippen molar-refractivity contribution in [3.8, 4) is 0 Å². The van der Waals surface area contributed by atoms with E-state index in [0.717, 1.165) is 22.9 Å². The summed E-state index contributed by atoms with van der Waals surface area (Å²) in [6.07, 6.45) is 3.49. The van der Waals surface area contributed by atoms with Crippen LogP contribution in [0.3, 0.4) is 0 Å². The number of thiophene rings is 1. The van der Waals surface area contributed by atoms with Crippen LogP contribution in [0, 0.1) is 11.8 Å². The quantitative estimate of drug-likeness (QED) is 0.336. The summed E-state index contributed by atoms with van der Waals surface area (Å²) in [6.45, 7) is 0. The van der Waals surface area contributed by atoms with Crippen LogP contribution in [0.25, 0.3) is 10.1 Å². The number of unbranched alkanes of at least 4 members (excludes halogenated alkanes) is 3. The fourth-order valence-corrected chi connectivity index (χ4v) is 5.28. The van der Waals surface area contributed by atoms with Gasteiger partial charge in [-0.05, 0) is 36.3 Å². The molecular formula is C23H28F2O4S. The van der Waals surface area contributed by atoms with Crippen molar-refractivity contribution in [1.29, 1.82) is 0 Å². The fraction of sp³-hybridized carbons (Fsp3) is 0.522. The second-order valence-electron chi connectivity index (χ2n) is 8.09. The molecule has 1 heterocycles. The first-order valence-corrected chi connectivity index (χ1v) is 11.2. The first kappa shape index (κ1) is 22.8. The highest BCUT2D eigenvalue weighted by Crippen LogP contribution is 2.47. The van der Waals surface area contributed by atoms with E-state index in [-0.39, 0.29) is 6.42 Å². The lowest BCUT2D eigenvalue weighted by molar-refractivity contribution is -0.137. The van der Waals surface area contributed by atoms with Crippen molar-refractivity contribution in [1.82, 2.24) is 0 Å². The van der Waals surface area contributed by atoms with Gasteiger partial charge >= 0.3 is 5.97 Å². The zero-order chi connectivity index (χ0) is 21.7. The van der Waals surface area contributed by atoms with Gasteiger partial charge in [-0.25, -0.2) is 8.78 Å². The van der Waals surface area contributed by atoms with Crippen molar-refractivity contribution in [3.05, 3.63) is 47.4 Å². The number of rotatable bonds is 10. The maximum Gasteiger partial charge on any atom is 0.303 e. The monoisotopic (exact) mass is 438 g/mol. The van der Waals surface area contributed by atoms with Crippen LogP contribution in [0.2, 0.25) is 0 Å². The molecule has 164 valence electrons. The molecule has 1 aliphatic carbocycles. The van der Waals surface area contributed by atoms with Gasteiger partial charge in [0.05, 0.1) is 6.10 Å². The number of aliphatic carboxylic acids is 1. The normalized spacial score (nSPS) is 24.6. The number of hydrogen-bond donors (Lipinski definition) is 3. The Morgan fingerprint density at radius 3 is 2.70 bits per heavy atom. The Morgan fingerprint density at radius 1 is 1.23 bits per heavy atom. The molecule has 4 nitrogen and oxygen atoms in total. The number of halogens is 2. The Balaban J connectivity index is 1.61. The predicted octanol–water partition coefficient (Wildman–Crippen LogP) is 5.55. The highest BCUT2D eigenvalue weighted by atomic mass is 32.1. The molecule has 1 aliphatic rings. The molecule has 4 atom stereocenters. The number of benzene rings is 1. The van der Waals surface area contributed by atoms with Gasteiger partial charge in [-0.15, -0.1) is 11.3 Å². The van der Waals surface area contributed by atoms with Gasteiger partial charge in [0.2, 0.25) is 0 Å². The molecule has 0 aliphatic heterocycles. The molecule has 3 rings (SSSR count). The Labute approximate surface area is 178 Å². The van der Waals surface area contributed by atoms with Crippen LogP contribution >= 0.6 is 11.3 Å². The molecule has 0 bridgehead atoms. The van der Waals surface area contributed by atoms with Crippen molar-refractivity contribution in [2.45, 2.75) is 63.1 Å². The van der Waals surface area contributed by atoms with E-state index in [1.807, 2.05) is 30.3 Å². The van der Waals surface area contributed by atoms with Crippen molar-refractivity contribution >= 4 is 27.4 Å². The van der Waals surface area contributed by atoms with Gasteiger partial charge in [0, 0.05) is 28.3 Å². The number of carbonyl (C=O) groups is 1. The predicted molar refractivity (Wildman–Crippen MR) is 114 cm³/mol. The summed E-state index contributed by atoms with van der Waals surface area (Å²) in [5.41, 5.74) is 0. The number of aliphatic hydroxyl groups is 2. The zero-order valence-electron chi connectivity index (χ0n) is 16.7. The fourth-order valence-electron chi connectivity index (χ4n) is 4.25. The number of allylic oxidation sites excluding steroid dienone is 1. The highest BCUT2D eigenvalue weighted by Gasteiger charge is 2.53. The van der Waals surface area contributed by atoms with Crippen molar-refractivity contribution < 1.29 is 28.9 Å². The summed E-state index contributed by atoms with van der Waals surface area (Å²) >= 11 is 1.43. The van der Waals surface area contributed by atoms with E-state index >= 15 is 0 Å². The van der Waals surface area contributed by atoms with E-state index in [2.05, 4.69) is 0 Å². The number of aliphatic hydroxyl groups excluding tert-OH is 2. The Morgan fingerprint density at radius 2 is 1.97 bits per heavy atom. The maximum atomic E-state index is 14.5. The number of hydrogen-bond acceptors (Lipinski definition) is 4. The lowest BCUT2D eigenvalue weighted by Crippen LogP contribution is -2.24. The molecule has 0 saturated heterocycles. The van der Waals surface area contributed by atoms with E-state index in [1.54, 1.807) is 0 Å². The molecule has 3 N–H and O–H groups in total. The van der Waals surface area contributed by atoms with Crippen LogP contribution < -0.4 is 0 Å². The van der Waals surface area contributed by atoms with E-state index in [1.165, 1.54) is 23.5 Å². The van der Waals surface area contributed by atoms with E-state index in [9.17, 15) is 23.8 Å². The Bertz CT molecular complexity index is 846. The minimum absolute atomic E-state index is 0.116. The SMILES string of the molecule is O=C(O)CCCCCC[C@@H]1[C@@H](C=C[C@@H](O)c2cc3ccccc3s2)C(F)(F)C[C@@H]1O.